The maximum atomic E-state index is 15.1. The predicted molar refractivity (Wildman–Crippen MR) is 122 cm³/mol. The Bertz CT molecular complexity index is 1400. The minimum atomic E-state index is -1.49. The second-order valence-electron chi connectivity index (χ2n) is 8.15. The first-order chi connectivity index (χ1) is 15.9. The van der Waals surface area contributed by atoms with Crippen molar-refractivity contribution >= 4 is 39.3 Å². The van der Waals surface area contributed by atoms with Gasteiger partial charge < -0.3 is 11.1 Å². The molecule has 5 rings (SSSR count). The van der Waals surface area contributed by atoms with Gasteiger partial charge in [-0.3, -0.25) is 4.98 Å². The number of anilines is 2. The van der Waals surface area contributed by atoms with E-state index in [0.717, 1.165) is 5.39 Å². The molecule has 1 aliphatic heterocycles. The Hall–Kier alpha value is -3.76. The molecule has 2 aromatic heterocycles. The van der Waals surface area contributed by atoms with E-state index in [1.807, 2.05) is 6.07 Å². The maximum absolute atomic E-state index is 15.1. The minimum absolute atomic E-state index is 0.0861. The SMILES string of the molecule is N#CC[C@]12C[C@H]1[C@@](CF)(c1cc(Nc3nccc4cc(C#N)cnc34)ccc1F)N=C(N)S2. The zero-order valence-corrected chi connectivity index (χ0v) is 18.0. The number of aliphatic imine (C=N–C) groups is 1. The molecule has 2 aliphatic rings. The Labute approximate surface area is 192 Å². The standard InChI is InChI=1S/C23H17F2N7S/c24-12-23(18-9-22(18,4-5-26)33-21(28)32-23)16-8-15(1-2-17(16)25)31-20-19-14(3-6-29-20)7-13(10-27)11-30-19/h1-3,6-8,11,18H,4,9,12H2,(H2,28,32)(H,29,31)/t18-,22+,23-/m1/s1. The fraction of sp³-hybridized carbons (Fsp3) is 0.261. The molecule has 1 aliphatic carbocycles. The first-order valence-corrected chi connectivity index (χ1v) is 11.0. The van der Waals surface area contributed by atoms with Gasteiger partial charge in [0.05, 0.1) is 18.1 Å². The van der Waals surface area contributed by atoms with E-state index in [2.05, 4.69) is 26.3 Å². The molecule has 3 heterocycles. The smallest absolute Gasteiger partial charge is 0.156 e. The zero-order chi connectivity index (χ0) is 23.2. The van der Waals surface area contributed by atoms with Crippen LogP contribution in [0.4, 0.5) is 20.3 Å². The van der Waals surface area contributed by atoms with Gasteiger partial charge in [-0.05, 0) is 36.8 Å². The molecule has 7 nitrogen and oxygen atoms in total. The van der Waals surface area contributed by atoms with Crippen LogP contribution in [0.15, 0.2) is 47.7 Å². The van der Waals surface area contributed by atoms with E-state index >= 15 is 4.39 Å². The number of nitriles is 2. The van der Waals surface area contributed by atoms with E-state index in [1.165, 1.54) is 36.2 Å². The minimum Gasteiger partial charge on any atom is -0.378 e. The molecule has 10 heteroatoms. The van der Waals surface area contributed by atoms with Gasteiger partial charge in [0.1, 0.15) is 29.6 Å². The summed E-state index contributed by atoms with van der Waals surface area (Å²) < 4.78 is 29.1. The maximum Gasteiger partial charge on any atom is 0.156 e. The molecule has 1 aromatic carbocycles. The van der Waals surface area contributed by atoms with Gasteiger partial charge in [-0.25, -0.2) is 18.8 Å². The number of alkyl halides is 1. The summed E-state index contributed by atoms with van der Waals surface area (Å²) in [5, 5.41) is 22.3. The molecule has 0 bridgehead atoms. The normalized spacial score (nSPS) is 25.5. The molecule has 3 atom stereocenters. The summed E-state index contributed by atoms with van der Waals surface area (Å²) in [7, 11) is 0. The number of thioether (sulfide) groups is 1. The number of nitrogens with two attached hydrogens (primary N) is 1. The summed E-state index contributed by atoms with van der Waals surface area (Å²) in [5.41, 5.74) is 6.04. The highest BCUT2D eigenvalue weighted by molar-refractivity contribution is 8.15. The van der Waals surface area contributed by atoms with Crippen LogP contribution in [0.2, 0.25) is 0 Å². The molecule has 0 amide bonds. The third-order valence-corrected chi connectivity index (χ3v) is 7.53. The van der Waals surface area contributed by atoms with Crippen LogP contribution in [0.25, 0.3) is 10.9 Å². The van der Waals surface area contributed by atoms with Crippen LogP contribution >= 0.6 is 11.8 Å². The largest absolute Gasteiger partial charge is 0.378 e. The van der Waals surface area contributed by atoms with Crippen LogP contribution < -0.4 is 11.1 Å². The molecule has 0 unspecified atom stereocenters. The third-order valence-electron chi connectivity index (χ3n) is 6.22. The van der Waals surface area contributed by atoms with Gasteiger partial charge in [-0.1, -0.05) is 11.8 Å². The van der Waals surface area contributed by atoms with Gasteiger partial charge in [0.25, 0.3) is 0 Å². The van der Waals surface area contributed by atoms with Crippen LogP contribution in [0, 0.1) is 34.4 Å². The van der Waals surface area contributed by atoms with E-state index in [-0.39, 0.29) is 23.1 Å². The molecule has 164 valence electrons. The van der Waals surface area contributed by atoms with Crippen LogP contribution in [0.5, 0.6) is 0 Å². The monoisotopic (exact) mass is 461 g/mol. The van der Waals surface area contributed by atoms with Crippen LogP contribution in [0.1, 0.15) is 24.0 Å². The van der Waals surface area contributed by atoms with Crippen molar-refractivity contribution in [2.24, 2.45) is 16.6 Å². The van der Waals surface area contributed by atoms with Crippen LogP contribution in [-0.2, 0) is 5.54 Å². The first kappa shape index (κ1) is 21.1. The lowest BCUT2D eigenvalue weighted by Crippen LogP contribution is -2.40. The highest BCUT2D eigenvalue weighted by atomic mass is 32.2. The summed E-state index contributed by atoms with van der Waals surface area (Å²) in [6.07, 6.45) is 3.75. The van der Waals surface area contributed by atoms with E-state index in [4.69, 9.17) is 11.0 Å². The molecule has 1 saturated carbocycles. The average molecular weight is 462 g/mol. The Kier molecular flexibility index (Phi) is 4.91. The number of nitrogens with zero attached hydrogens (tertiary/aromatic N) is 5. The van der Waals surface area contributed by atoms with E-state index in [0.29, 0.717) is 29.0 Å². The van der Waals surface area contributed by atoms with Crippen LogP contribution in [0.3, 0.4) is 0 Å². The van der Waals surface area contributed by atoms with Gasteiger partial charge in [0, 0.05) is 39.7 Å². The number of aromatic nitrogens is 2. The second kappa shape index (κ2) is 7.68. The quantitative estimate of drug-likeness (QED) is 0.581. The highest BCUT2D eigenvalue weighted by Crippen LogP contribution is 2.67. The van der Waals surface area contributed by atoms with Crippen LogP contribution in [-0.4, -0.2) is 26.6 Å². The van der Waals surface area contributed by atoms with E-state index in [1.54, 1.807) is 18.3 Å². The Morgan fingerprint density at radius 1 is 1.24 bits per heavy atom. The van der Waals surface area contributed by atoms with E-state index in [9.17, 15) is 9.65 Å². The van der Waals surface area contributed by atoms with E-state index < -0.39 is 22.8 Å². The molecule has 3 N–H and O–H groups in total. The van der Waals surface area contributed by atoms with Gasteiger partial charge in [0.2, 0.25) is 0 Å². The van der Waals surface area contributed by atoms with Crippen molar-refractivity contribution in [2.45, 2.75) is 23.1 Å². The Morgan fingerprint density at radius 3 is 2.85 bits per heavy atom. The number of pyridine rings is 2. The topological polar surface area (TPSA) is 124 Å². The molecule has 0 radical (unpaired) electrons. The Balaban J connectivity index is 1.56. The van der Waals surface area contributed by atoms with Gasteiger partial charge in [0.15, 0.2) is 11.0 Å². The van der Waals surface area contributed by atoms with Crippen molar-refractivity contribution in [3.63, 3.8) is 0 Å². The summed E-state index contributed by atoms with van der Waals surface area (Å²) >= 11 is 1.28. The molecule has 1 fully saturated rings. The summed E-state index contributed by atoms with van der Waals surface area (Å²) in [4.78, 5) is 13.0. The molecule has 3 aromatic rings. The lowest BCUT2D eigenvalue weighted by molar-refractivity contribution is 0.264. The lowest BCUT2D eigenvalue weighted by atomic mass is 9.84. The van der Waals surface area contributed by atoms with Crippen molar-refractivity contribution in [1.82, 2.24) is 9.97 Å². The second-order valence-corrected chi connectivity index (χ2v) is 9.59. The fourth-order valence-corrected chi connectivity index (χ4v) is 5.95. The Morgan fingerprint density at radius 2 is 2.09 bits per heavy atom. The number of rotatable bonds is 5. The average Bonchev–Trinajstić information content (AvgIpc) is 3.54. The highest BCUT2D eigenvalue weighted by Gasteiger charge is 2.68. The van der Waals surface area contributed by atoms with Gasteiger partial charge >= 0.3 is 0 Å². The number of hydrogen-bond donors (Lipinski definition) is 2. The van der Waals surface area contributed by atoms with Gasteiger partial charge in [-0.2, -0.15) is 10.5 Å². The molecule has 0 spiro atoms. The number of benzene rings is 1. The summed E-state index contributed by atoms with van der Waals surface area (Å²) in [6, 6.07) is 11.9. The number of fused-ring (bicyclic) bond motifs is 2. The molecule has 0 saturated heterocycles. The zero-order valence-electron chi connectivity index (χ0n) is 17.2. The van der Waals surface area contributed by atoms with Crippen molar-refractivity contribution in [3.8, 4) is 12.1 Å². The van der Waals surface area contributed by atoms with Crippen molar-refractivity contribution in [3.05, 3.63) is 59.7 Å². The molecular formula is C23H17F2N7S. The number of amidine groups is 1. The third kappa shape index (κ3) is 3.35. The van der Waals surface area contributed by atoms with Crippen molar-refractivity contribution in [1.29, 1.82) is 10.5 Å². The number of hydrogen-bond acceptors (Lipinski definition) is 8. The van der Waals surface area contributed by atoms with Crippen molar-refractivity contribution < 1.29 is 8.78 Å². The molecule has 33 heavy (non-hydrogen) atoms. The first-order valence-electron chi connectivity index (χ1n) is 10.1. The van der Waals surface area contributed by atoms with Crippen molar-refractivity contribution in [2.75, 3.05) is 12.0 Å². The predicted octanol–water partition coefficient (Wildman–Crippen LogP) is 4.28. The van der Waals surface area contributed by atoms with Gasteiger partial charge in [-0.15, -0.1) is 0 Å². The lowest BCUT2D eigenvalue weighted by Gasteiger charge is -2.34. The summed E-state index contributed by atoms with van der Waals surface area (Å²) in [6.45, 7) is -0.933. The molecular weight excluding hydrogens is 444 g/mol. The number of nitrogens with one attached hydrogen (secondary N) is 1. The summed E-state index contributed by atoms with van der Waals surface area (Å²) in [5.74, 6) is -0.517. The number of halogens is 2. The fourth-order valence-electron chi connectivity index (χ4n) is 4.60.